The maximum Gasteiger partial charge on any atom is 0.126 e. The quantitative estimate of drug-likeness (QED) is 0.640. The van der Waals surface area contributed by atoms with Crippen molar-refractivity contribution in [1.29, 1.82) is 0 Å². The molecule has 0 radical (unpaired) electrons. The van der Waals surface area contributed by atoms with Gasteiger partial charge >= 0.3 is 0 Å². The third-order valence-electron chi connectivity index (χ3n) is 2.61. The summed E-state index contributed by atoms with van der Waals surface area (Å²) >= 11 is 0. The van der Waals surface area contributed by atoms with Crippen LogP contribution in [0.4, 0.5) is 0 Å². The molecule has 0 aromatic heterocycles. The molecule has 1 nitrogen and oxygen atoms in total. The van der Waals surface area contributed by atoms with Crippen LogP contribution in [0.3, 0.4) is 0 Å². The minimum absolute atomic E-state index is 0.318. The zero-order valence-corrected chi connectivity index (χ0v) is 10.2. The summed E-state index contributed by atoms with van der Waals surface area (Å²) in [5, 5.41) is 0. The predicted octanol–water partition coefficient (Wildman–Crippen LogP) is 4.41. The van der Waals surface area contributed by atoms with E-state index in [1.807, 2.05) is 24.3 Å². The van der Waals surface area contributed by atoms with Crippen molar-refractivity contribution in [2.75, 3.05) is 6.61 Å². The smallest absolute Gasteiger partial charge is 0.126 e. The van der Waals surface area contributed by atoms with Gasteiger partial charge in [0, 0.05) is 5.56 Å². The molecule has 0 heterocycles. The highest BCUT2D eigenvalue weighted by atomic mass is 16.5. The Balaban J connectivity index is 3.09. The van der Waals surface area contributed by atoms with E-state index in [1.54, 1.807) is 0 Å². The molecule has 0 fully saturated rings. The molecule has 0 aliphatic heterocycles. The van der Waals surface area contributed by atoms with Crippen molar-refractivity contribution < 1.29 is 4.74 Å². The summed E-state index contributed by atoms with van der Waals surface area (Å²) in [6.45, 7) is 12.7. The molecule has 86 valence electrons. The maximum atomic E-state index is 5.71. The minimum atomic E-state index is 0.318. The zero-order chi connectivity index (χ0) is 12.0. The van der Waals surface area contributed by atoms with Gasteiger partial charge in [-0.3, -0.25) is 0 Å². The molecule has 1 rings (SSSR count). The molecule has 0 bridgehead atoms. The van der Waals surface area contributed by atoms with Crippen LogP contribution >= 0.6 is 0 Å². The van der Waals surface area contributed by atoms with Gasteiger partial charge in [-0.15, -0.1) is 6.58 Å². The summed E-state index contributed by atoms with van der Waals surface area (Å²) in [4.78, 5) is 0. The van der Waals surface area contributed by atoms with E-state index in [4.69, 9.17) is 4.74 Å². The molecule has 1 atom stereocenters. The van der Waals surface area contributed by atoms with Gasteiger partial charge in [0.25, 0.3) is 0 Å². The highest BCUT2D eigenvalue weighted by molar-refractivity contribution is 5.61. The molecule has 1 aromatic carbocycles. The SMILES string of the molecule is C=Cc1c(OCCC)cccc1C(C)C=C. The van der Waals surface area contributed by atoms with Crippen LogP contribution in [0.15, 0.2) is 37.4 Å². The van der Waals surface area contributed by atoms with Gasteiger partial charge in [-0.1, -0.05) is 44.7 Å². The Morgan fingerprint density at radius 3 is 2.69 bits per heavy atom. The number of hydrogen-bond acceptors (Lipinski definition) is 1. The van der Waals surface area contributed by atoms with E-state index in [9.17, 15) is 0 Å². The van der Waals surface area contributed by atoms with Crippen LogP contribution in [0.25, 0.3) is 6.08 Å². The second kappa shape index (κ2) is 6.16. The average Bonchev–Trinajstić information content (AvgIpc) is 2.34. The molecule has 0 spiro atoms. The highest BCUT2D eigenvalue weighted by Gasteiger charge is 2.09. The van der Waals surface area contributed by atoms with Crippen molar-refractivity contribution >= 4 is 6.08 Å². The van der Waals surface area contributed by atoms with E-state index in [0.717, 1.165) is 24.3 Å². The lowest BCUT2D eigenvalue weighted by Gasteiger charge is -2.15. The van der Waals surface area contributed by atoms with Gasteiger partial charge in [0.1, 0.15) is 5.75 Å². The lowest BCUT2D eigenvalue weighted by Crippen LogP contribution is -2.00. The van der Waals surface area contributed by atoms with Gasteiger partial charge in [0.15, 0.2) is 0 Å². The molecule has 0 aliphatic rings. The molecule has 16 heavy (non-hydrogen) atoms. The number of benzene rings is 1. The summed E-state index contributed by atoms with van der Waals surface area (Å²) in [6, 6.07) is 6.11. The Morgan fingerprint density at radius 2 is 2.12 bits per heavy atom. The second-order valence-corrected chi connectivity index (χ2v) is 3.84. The number of allylic oxidation sites excluding steroid dienone is 1. The number of hydrogen-bond donors (Lipinski definition) is 0. The molecule has 1 aromatic rings. The fraction of sp³-hybridized carbons (Fsp3) is 0.333. The van der Waals surface area contributed by atoms with E-state index in [0.29, 0.717) is 5.92 Å². The lowest BCUT2D eigenvalue weighted by molar-refractivity contribution is 0.316. The van der Waals surface area contributed by atoms with Crippen LogP contribution in [0.2, 0.25) is 0 Å². The van der Waals surface area contributed by atoms with Crippen LogP contribution in [0, 0.1) is 0 Å². The summed E-state index contributed by atoms with van der Waals surface area (Å²) in [5.41, 5.74) is 2.31. The van der Waals surface area contributed by atoms with Gasteiger partial charge in [-0.2, -0.15) is 0 Å². The lowest BCUT2D eigenvalue weighted by atomic mass is 9.95. The molecular weight excluding hydrogens is 196 g/mol. The monoisotopic (exact) mass is 216 g/mol. The van der Waals surface area contributed by atoms with Crippen molar-refractivity contribution in [3.63, 3.8) is 0 Å². The summed E-state index contributed by atoms with van der Waals surface area (Å²) < 4.78 is 5.71. The second-order valence-electron chi connectivity index (χ2n) is 3.84. The average molecular weight is 216 g/mol. The highest BCUT2D eigenvalue weighted by Crippen LogP contribution is 2.29. The van der Waals surface area contributed by atoms with Crippen LogP contribution in [-0.2, 0) is 0 Å². The third-order valence-corrected chi connectivity index (χ3v) is 2.61. The van der Waals surface area contributed by atoms with E-state index in [-0.39, 0.29) is 0 Å². The van der Waals surface area contributed by atoms with Crippen LogP contribution < -0.4 is 4.74 Å². The standard InChI is InChI=1S/C15H20O/c1-5-11-16-15-10-8-9-14(12(4)6-2)13(15)7-3/h6-10,12H,2-3,5,11H2,1,4H3. The number of rotatable bonds is 6. The Labute approximate surface area is 98.5 Å². The summed E-state index contributed by atoms with van der Waals surface area (Å²) in [6.07, 6.45) is 4.81. The molecule has 1 heteroatoms. The largest absolute Gasteiger partial charge is 0.493 e. The normalized spacial score (nSPS) is 11.9. The van der Waals surface area contributed by atoms with E-state index in [2.05, 4.69) is 33.1 Å². The first-order chi connectivity index (χ1) is 7.74. The van der Waals surface area contributed by atoms with Gasteiger partial charge < -0.3 is 4.74 Å². The van der Waals surface area contributed by atoms with Crippen molar-refractivity contribution in [1.82, 2.24) is 0 Å². The van der Waals surface area contributed by atoms with Gasteiger partial charge in [-0.25, -0.2) is 0 Å². The maximum absolute atomic E-state index is 5.71. The first kappa shape index (κ1) is 12.6. The van der Waals surface area contributed by atoms with Crippen molar-refractivity contribution in [2.45, 2.75) is 26.2 Å². The first-order valence-electron chi connectivity index (χ1n) is 5.75. The molecular formula is C15H20O. The van der Waals surface area contributed by atoms with Crippen LogP contribution in [0.5, 0.6) is 5.75 Å². The van der Waals surface area contributed by atoms with Crippen LogP contribution in [0.1, 0.15) is 37.3 Å². The van der Waals surface area contributed by atoms with Gasteiger partial charge in [0.05, 0.1) is 6.61 Å². The first-order valence-corrected chi connectivity index (χ1v) is 5.75. The summed E-state index contributed by atoms with van der Waals surface area (Å²) in [5.74, 6) is 1.24. The zero-order valence-electron chi connectivity index (χ0n) is 10.2. The molecule has 0 N–H and O–H groups in total. The molecule has 0 amide bonds. The fourth-order valence-electron chi connectivity index (χ4n) is 1.64. The van der Waals surface area contributed by atoms with Crippen molar-refractivity contribution in [2.24, 2.45) is 0 Å². The minimum Gasteiger partial charge on any atom is -0.493 e. The van der Waals surface area contributed by atoms with Gasteiger partial charge in [0.2, 0.25) is 0 Å². The Morgan fingerprint density at radius 1 is 1.38 bits per heavy atom. The van der Waals surface area contributed by atoms with Gasteiger partial charge in [-0.05, 0) is 24.0 Å². The van der Waals surface area contributed by atoms with Crippen molar-refractivity contribution in [3.8, 4) is 5.75 Å². The molecule has 0 saturated carbocycles. The van der Waals surface area contributed by atoms with E-state index in [1.165, 1.54) is 5.56 Å². The Bertz CT molecular complexity index is 366. The molecule has 0 saturated heterocycles. The van der Waals surface area contributed by atoms with E-state index >= 15 is 0 Å². The molecule has 1 unspecified atom stereocenters. The Hall–Kier alpha value is -1.50. The number of ether oxygens (including phenoxy) is 1. The topological polar surface area (TPSA) is 9.23 Å². The third kappa shape index (κ3) is 2.75. The fourth-order valence-corrected chi connectivity index (χ4v) is 1.64. The predicted molar refractivity (Wildman–Crippen MR) is 70.9 cm³/mol. The van der Waals surface area contributed by atoms with Crippen LogP contribution in [-0.4, -0.2) is 6.61 Å². The van der Waals surface area contributed by atoms with Crippen molar-refractivity contribution in [3.05, 3.63) is 48.6 Å². The summed E-state index contributed by atoms with van der Waals surface area (Å²) in [7, 11) is 0. The van der Waals surface area contributed by atoms with E-state index < -0.39 is 0 Å². The Kier molecular flexibility index (Phi) is 4.84. The molecule has 0 aliphatic carbocycles.